The second-order valence-electron chi connectivity index (χ2n) is 4.37. The Bertz CT molecular complexity index is 655. The van der Waals surface area contributed by atoms with E-state index in [4.69, 9.17) is 21.1 Å². The molecule has 0 atom stereocenters. The van der Waals surface area contributed by atoms with Crippen molar-refractivity contribution < 1.29 is 14.3 Å². The third-order valence-corrected chi connectivity index (χ3v) is 3.21. The lowest BCUT2D eigenvalue weighted by atomic mass is 10.2. The third-order valence-electron chi connectivity index (χ3n) is 2.98. The Labute approximate surface area is 127 Å². The van der Waals surface area contributed by atoms with E-state index in [0.717, 1.165) is 5.82 Å². The van der Waals surface area contributed by atoms with E-state index >= 15 is 0 Å². The van der Waals surface area contributed by atoms with Crippen molar-refractivity contribution in [3.8, 4) is 5.75 Å². The summed E-state index contributed by atoms with van der Waals surface area (Å²) in [6, 6.07) is 4.79. The minimum absolute atomic E-state index is 0.0460. The van der Waals surface area contributed by atoms with Crippen LogP contribution < -0.4 is 4.74 Å². The summed E-state index contributed by atoms with van der Waals surface area (Å²) >= 11 is 5.90. The van der Waals surface area contributed by atoms with E-state index in [1.54, 1.807) is 22.8 Å². The van der Waals surface area contributed by atoms with Gasteiger partial charge in [-0.25, -0.2) is 4.79 Å². The summed E-state index contributed by atoms with van der Waals surface area (Å²) in [5, 5.41) is 8.34. The van der Waals surface area contributed by atoms with Crippen LogP contribution in [0.3, 0.4) is 0 Å². The summed E-state index contributed by atoms with van der Waals surface area (Å²) in [5.74, 6) is 1.25. The van der Waals surface area contributed by atoms with Gasteiger partial charge in [0.1, 0.15) is 17.1 Å². The van der Waals surface area contributed by atoms with Crippen LogP contribution in [0.4, 0.5) is 0 Å². The van der Waals surface area contributed by atoms with Crippen LogP contribution in [-0.2, 0) is 18.4 Å². The molecule has 1 heterocycles. The number of benzene rings is 1. The van der Waals surface area contributed by atoms with Crippen LogP contribution in [0.5, 0.6) is 5.75 Å². The van der Waals surface area contributed by atoms with Crippen LogP contribution in [0.15, 0.2) is 18.2 Å². The van der Waals surface area contributed by atoms with E-state index in [1.807, 2.05) is 20.9 Å². The Hall–Kier alpha value is -2.08. The van der Waals surface area contributed by atoms with Crippen LogP contribution in [-0.4, -0.2) is 27.3 Å². The highest BCUT2D eigenvalue weighted by atomic mass is 35.5. The van der Waals surface area contributed by atoms with Gasteiger partial charge in [-0.1, -0.05) is 11.6 Å². The lowest BCUT2D eigenvalue weighted by Crippen LogP contribution is -2.10. The summed E-state index contributed by atoms with van der Waals surface area (Å²) in [6.07, 6.45) is 0. The average molecular weight is 310 g/mol. The fourth-order valence-electron chi connectivity index (χ4n) is 1.72. The van der Waals surface area contributed by atoms with Crippen molar-refractivity contribution in [3.05, 3.63) is 40.4 Å². The van der Waals surface area contributed by atoms with E-state index in [2.05, 4.69) is 10.2 Å². The topological polar surface area (TPSA) is 66.2 Å². The standard InChI is InChI=1S/C14H16ClN3O3/c1-4-20-12-7-10(15)5-6-11(12)14(19)21-8-13-17-16-9(2)18(13)3/h5-7H,4,8H2,1-3H3. The van der Waals surface area contributed by atoms with Gasteiger partial charge in [-0.05, 0) is 32.0 Å². The van der Waals surface area contributed by atoms with Crippen LogP contribution in [0.2, 0.25) is 5.02 Å². The summed E-state index contributed by atoms with van der Waals surface area (Å²) in [5.41, 5.74) is 0.333. The molecule has 0 aliphatic rings. The number of aryl methyl sites for hydroxylation is 1. The Balaban J connectivity index is 2.11. The van der Waals surface area contributed by atoms with Crippen molar-refractivity contribution >= 4 is 17.6 Å². The van der Waals surface area contributed by atoms with E-state index < -0.39 is 5.97 Å². The van der Waals surface area contributed by atoms with Crippen molar-refractivity contribution in [1.29, 1.82) is 0 Å². The van der Waals surface area contributed by atoms with Gasteiger partial charge in [0.2, 0.25) is 0 Å². The largest absolute Gasteiger partial charge is 0.493 e. The zero-order valence-corrected chi connectivity index (χ0v) is 12.8. The van der Waals surface area contributed by atoms with Gasteiger partial charge in [0.05, 0.1) is 6.61 Å². The molecule has 6 nitrogen and oxygen atoms in total. The lowest BCUT2D eigenvalue weighted by molar-refractivity contribution is 0.0454. The van der Waals surface area contributed by atoms with Crippen molar-refractivity contribution in [3.63, 3.8) is 0 Å². The summed E-state index contributed by atoms with van der Waals surface area (Å²) in [7, 11) is 1.81. The van der Waals surface area contributed by atoms with E-state index in [9.17, 15) is 4.79 Å². The molecule has 112 valence electrons. The van der Waals surface area contributed by atoms with Crippen LogP contribution >= 0.6 is 11.6 Å². The second kappa shape index (κ2) is 6.58. The fraction of sp³-hybridized carbons (Fsp3) is 0.357. The number of carbonyl (C=O) groups is 1. The van der Waals surface area contributed by atoms with Gasteiger partial charge in [0, 0.05) is 12.1 Å². The first-order valence-electron chi connectivity index (χ1n) is 6.47. The quantitative estimate of drug-likeness (QED) is 0.794. The maximum absolute atomic E-state index is 12.1. The molecule has 7 heteroatoms. The van der Waals surface area contributed by atoms with Gasteiger partial charge >= 0.3 is 5.97 Å². The summed E-state index contributed by atoms with van der Waals surface area (Å²) in [6.45, 7) is 4.14. The lowest BCUT2D eigenvalue weighted by Gasteiger charge is -2.10. The predicted molar refractivity (Wildman–Crippen MR) is 77.5 cm³/mol. The summed E-state index contributed by atoms with van der Waals surface area (Å²) in [4.78, 5) is 12.1. The molecule has 0 bridgehead atoms. The number of halogens is 1. The van der Waals surface area contributed by atoms with Gasteiger partial charge < -0.3 is 14.0 Å². The molecule has 21 heavy (non-hydrogen) atoms. The molecule has 0 spiro atoms. The van der Waals surface area contributed by atoms with E-state index in [-0.39, 0.29) is 6.61 Å². The number of rotatable bonds is 5. The molecule has 0 aliphatic carbocycles. The molecule has 0 unspecified atom stereocenters. The van der Waals surface area contributed by atoms with Gasteiger partial charge in [-0.2, -0.15) is 0 Å². The minimum atomic E-state index is -0.490. The molecule has 0 N–H and O–H groups in total. The normalized spacial score (nSPS) is 10.5. The number of ether oxygens (including phenoxy) is 2. The van der Waals surface area contributed by atoms with E-state index in [1.165, 1.54) is 0 Å². The Morgan fingerprint density at radius 3 is 2.76 bits per heavy atom. The van der Waals surface area contributed by atoms with Crippen molar-refractivity contribution in [2.24, 2.45) is 7.05 Å². The molecular weight excluding hydrogens is 294 g/mol. The first-order valence-corrected chi connectivity index (χ1v) is 6.85. The van der Waals surface area contributed by atoms with Gasteiger partial charge in [-0.15, -0.1) is 10.2 Å². The van der Waals surface area contributed by atoms with Gasteiger partial charge in [-0.3, -0.25) is 0 Å². The smallest absolute Gasteiger partial charge is 0.342 e. The fourth-order valence-corrected chi connectivity index (χ4v) is 1.89. The number of carbonyl (C=O) groups excluding carboxylic acids is 1. The highest BCUT2D eigenvalue weighted by Crippen LogP contribution is 2.24. The highest BCUT2D eigenvalue weighted by Gasteiger charge is 2.16. The maximum Gasteiger partial charge on any atom is 0.342 e. The molecule has 0 saturated heterocycles. The maximum atomic E-state index is 12.1. The molecule has 0 radical (unpaired) electrons. The Morgan fingerprint density at radius 1 is 1.38 bits per heavy atom. The number of nitrogens with zero attached hydrogens (tertiary/aromatic N) is 3. The van der Waals surface area contributed by atoms with Crippen LogP contribution in [0.25, 0.3) is 0 Å². The Morgan fingerprint density at radius 2 is 2.14 bits per heavy atom. The molecule has 0 aliphatic heterocycles. The summed E-state index contributed by atoms with van der Waals surface area (Å²) < 4.78 is 12.4. The second-order valence-corrected chi connectivity index (χ2v) is 4.81. The molecule has 2 aromatic rings. The van der Waals surface area contributed by atoms with Crippen LogP contribution in [0, 0.1) is 6.92 Å². The van der Waals surface area contributed by atoms with Gasteiger partial charge in [0.25, 0.3) is 0 Å². The number of hydrogen-bond donors (Lipinski definition) is 0. The number of aromatic nitrogens is 3. The first kappa shape index (κ1) is 15.3. The highest BCUT2D eigenvalue weighted by molar-refractivity contribution is 6.30. The van der Waals surface area contributed by atoms with Gasteiger partial charge in [0.15, 0.2) is 12.4 Å². The van der Waals surface area contributed by atoms with Crippen molar-refractivity contribution in [2.45, 2.75) is 20.5 Å². The molecular formula is C14H16ClN3O3. The van der Waals surface area contributed by atoms with E-state index in [0.29, 0.717) is 28.8 Å². The zero-order valence-electron chi connectivity index (χ0n) is 12.1. The molecule has 0 saturated carbocycles. The molecule has 0 amide bonds. The zero-order chi connectivity index (χ0) is 15.4. The average Bonchev–Trinajstić information content (AvgIpc) is 2.77. The molecule has 1 aromatic heterocycles. The SMILES string of the molecule is CCOc1cc(Cl)ccc1C(=O)OCc1nnc(C)n1C. The van der Waals surface area contributed by atoms with Crippen LogP contribution in [0.1, 0.15) is 28.9 Å². The third kappa shape index (κ3) is 3.52. The Kier molecular flexibility index (Phi) is 4.80. The number of esters is 1. The molecule has 2 rings (SSSR count). The first-order chi connectivity index (χ1) is 10.0. The minimum Gasteiger partial charge on any atom is -0.493 e. The molecule has 1 aromatic carbocycles. The predicted octanol–water partition coefficient (Wildman–Crippen LogP) is 2.53. The number of hydrogen-bond acceptors (Lipinski definition) is 5. The van der Waals surface area contributed by atoms with Crippen molar-refractivity contribution in [2.75, 3.05) is 6.61 Å². The molecule has 0 fully saturated rings. The van der Waals surface area contributed by atoms with Crippen molar-refractivity contribution in [1.82, 2.24) is 14.8 Å². The monoisotopic (exact) mass is 309 g/mol.